The number of carbonyl (C=O) groups is 1. The summed E-state index contributed by atoms with van der Waals surface area (Å²) < 4.78 is 44.3. The highest BCUT2D eigenvalue weighted by atomic mass is 19.4. The van der Waals surface area contributed by atoms with E-state index in [0.717, 1.165) is 11.6 Å². The number of carbonyl (C=O) groups excluding carboxylic acids is 1. The van der Waals surface area contributed by atoms with Crippen LogP contribution in [0.25, 0.3) is 0 Å². The van der Waals surface area contributed by atoms with Crippen LogP contribution >= 0.6 is 0 Å². The van der Waals surface area contributed by atoms with Crippen LogP contribution in [0.2, 0.25) is 0 Å². The van der Waals surface area contributed by atoms with Crippen molar-refractivity contribution < 1.29 is 22.7 Å². The molecule has 0 bridgehead atoms. The van der Waals surface area contributed by atoms with Gasteiger partial charge in [-0.15, -0.1) is 0 Å². The zero-order valence-electron chi connectivity index (χ0n) is 13.6. The van der Waals surface area contributed by atoms with Crippen molar-refractivity contribution in [3.63, 3.8) is 0 Å². The van der Waals surface area contributed by atoms with E-state index in [1.54, 1.807) is 18.2 Å². The van der Waals surface area contributed by atoms with Crippen molar-refractivity contribution in [2.45, 2.75) is 19.6 Å². The minimum Gasteiger partial charge on any atom is -0.496 e. The van der Waals surface area contributed by atoms with E-state index in [-0.39, 0.29) is 18.0 Å². The van der Waals surface area contributed by atoms with Crippen LogP contribution in [0.1, 0.15) is 27.0 Å². The highest BCUT2D eigenvalue weighted by Crippen LogP contribution is 2.32. The van der Waals surface area contributed by atoms with E-state index in [0.29, 0.717) is 11.3 Å². The third-order valence-corrected chi connectivity index (χ3v) is 3.73. The Hall–Kier alpha value is -2.50. The van der Waals surface area contributed by atoms with Crippen molar-refractivity contribution in [3.8, 4) is 5.75 Å². The second kappa shape index (κ2) is 6.95. The van der Waals surface area contributed by atoms with Crippen molar-refractivity contribution in [2.75, 3.05) is 14.2 Å². The average molecular weight is 337 g/mol. The highest BCUT2D eigenvalue weighted by Gasteiger charge is 2.33. The van der Waals surface area contributed by atoms with Gasteiger partial charge in [0.2, 0.25) is 0 Å². The Morgan fingerprint density at radius 3 is 2.46 bits per heavy atom. The highest BCUT2D eigenvalue weighted by molar-refractivity contribution is 5.94. The molecule has 3 nitrogen and oxygen atoms in total. The Balaban J connectivity index is 2.24. The molecule has 0 fully saturated rings. The second-order valence-corrected chi connectivity index (χ2v) is 5.50. The number of nitrogens with zero attached hydrogens (tertiary/aromatic N) is 1. The van der Waals surface area contributed by atoms with Crippen LogP contribution in [0.4, 0.5) is 13.2 Å². The third-order valence-electron chi connectivity index (χ3n) is 3.73. The number of alkyl halides is 3. The van der Waals surface area contributed by atoms with Gasteiger partial charge in [0, 0.05) is 19.2 Å². The van der Waals surface area contributed by atoms with Crippen molar-refractivity contribution in [1.29, 1.82) is 0 Å². The van der Waals surface area contributed by atoms with E-state index in [1.807, 2.05) is 6.92 Å². The predicted octanol–water partition coefficient (Wildman–Crippen LogP) is 4.29. The van der Waals surface area contributed by atoms with Gasteiger partial charge in [-0.05, 0) is 36.2 Å². The lowest BCUT2D eigenvalue weighted by atomic mass is 10.1. The van der Waals surface area contributed by atoms with Crippen LogP contribution in [0.3, 0.4) is 0 Å². The minimum atomic E-state index is -4.45. The molecule has 2 aromatic carbocycles. The van der Waals surface area contributed by atoms with Crippen molar-refractivity contribution in [2.24, 2.45) is 0 Å². The molecule has 0 atom stereocenters. The van der Waals surface area contributed by atoms with Gasteiger partial charge in [-0.1, -0.05) is 24.3 Å². The van der Waals surface area contributed by atoms with E-state index >= 15 is 0 Å². The number of amides is 1. The molecule has 0 N–H and O–H groups in total. The lowest BCUT2D eigenvalue weighted by Gasteiger charge is -2.20. The molecule has 2 aromatic rings. The molecule has 0 radical (unpaired) electrons. The van der Waals surface area contributed by atoms with Gasteiger partial charge in [-0.2, -0.15) is 13.2 Å². The number of methoxy groups -OCH3 is 1. The van der Waals surface area contributed by atoms with Crippen LogP contribution in [-0.2, 0) is 12.7 Å². The molecule has 0 unspecified atom stereocenters. The fourth-order valence-corrected chi connectivity index (χ4v) is 2.44. The molecule has 1 amide bonds. The Labute approximate surface area is 138 Å². The summed E-state index contributed by atoms with van der Waals surface area (Å²) in [6.45, 7) is 1.71. The number of hydrogen-bond donors (Lipinski definition) is 0. The van der Waals surface area contributed by atoms with Gasteiger partial charge in [-0.25, -0.2) is 0 Å². The molecule has 6 heteroatoms. The molecule has 0 saturated carbocycles. The molecule has 0 aromatic heterocycles. The van der Waals surface area contributed by atoms with E-state index in [2.05, 4.69) is 0 Å². The maximum atomic E-state index is 13.0. The second-order valence-electron chi connectivity index (χ2n) is 5.50. The fraction of sp³-hybridized carbons (Fsp3) is 0.278. The van der Waals surface area contributed by atoms with Crippen LogP contribution in [0, 0.1) is 6.92 Å². The van der Waals surface area contributed by atoms with Gasteiger partial charge in [0.25, 0.3) is 5.91 Å². The first-order valence-electron chi connectivity index (χ1n) is 7.29. The maximum absolute atomic E-state index is 13.0. The van der Waals surface area contributed by atoms with Crippen LogP contribution in [0.5, 0.6) is 5.75 Å². The molecular weight excluding hydrogens is 319 g/mol. The minimum absolute atomic E-state index is 0.0555. The molecule has 0 heterocycles. The molecular formula is C18H18F3NO2. The SMILES string of the molecule is COc1cc(C(=O)N(C)Cc2ccccc2C(F)(F)F)ccc1C. The summed E-state index contributed by atoms with van der Waals surface area (Å²) >= 11 is 0. The lowest BCUT2D eigenvalue weighted by Crippen LogP contribution is -2.27. The van der Waals surface area contributed by atoms with Gasteiger partial charge in [-0.3, -0.25) is 4.79 Å². The fourth-order valence-electron chi connectivity index (χ4n) is 2.44. The van der Waals surface area contributed by atoms with E-state index in [1.165, 1.54) is 37.3 Å². The predicted molar refractivity (Wildman–Crippen MR) is 85.0 cm³/mol. The summed E-state index contributed by atoms with van der Waals surface area (Å²) in [5, 5.41) is 0. The van der Waals surface area contributed by atoms with Gasteiger partial charge < -0.3 is 9.64 Å². The summed E-state index contributed by atoms with van der Waals surface area (Å²) in [6, 6.07) is 10.2. The smallest absolute Gasteiger partial charge is 0.416 e. The zero-order chi connectivity index (χ0) is 17.9. The Kier molecular flexibility index (Phi) is 5.17. The number of rotatable bonds is 4. The monoisotopic (exact) mass is 337 g/mol. The summed E-state index contributed by atoms with van der Waals surface area (Å²) in [5.74, 6) is 0.190. The number of ether oxygens (including phenoxy) is 1. The summed E-state index contributed by atoms with van der Waals surface area (Å²) in [7, 11) is 2.97. The maximum Gasteiger partial charge on any atom is 0.416 e. The van der Waals surface area contributed by atoms with Crippen LogP contribution in [0.15, 0.2) is 42.5 Å². The number of aryl methyl sites for hydroxylation is 1. The average Bonchev–Trinajstić information content (AvgIpc) is 2.54. The molecule has 0 spiro atoms. The van der Waals surface area contributed by atoms with Crippen LogP contribution in [-0.4, -0.2) is 25.0 Å². The molecule has 2 rings (SSSR count). The number of hydrogen-bond acceptors (Lipinski definition) is 2. The first-order chi connectivity index (χ1) is 11.2. The molecule has 0 aliphatic heterocycles. The third kappa shape index (κ3) is 3.88. The largest absolute Gasteiger partial charge is 0.496 e. The quantitative estimate of drug-likeness (QED) is 0.833. The normalized spacial score (nSPS) is 11.2. The molecule has 128 valence electrons. The first-order valence-corrected chi connectivity index (χ1v) is 7.29. The van der Waals surface area contributed by atoms with E-state index < -0.39 is 11.7 Å². The summed E-state index contributed by atoms with van der Waals surface area (Å²) in [6.07, 6.45) is -4.45. The lowest BCUT2D eigenvalue weighted by molar-refractivity contribution is -0.138. The van der Waals surface area contributed by atoms with E-state index in [9.17, 15) is 18.0 Å². The standard InChI is InChI=1S/C18H18F3NO2/c1-12-8-9-13(10-16(12)24-3)17(23)22(2)11-14-6-4-5-7-15(14)18(19,20)21/h4-10H,11H2,1-3H3. The Morgan fingerprint density at radius 1 is 1.17 bits per heavy atom. The van der Waals surface area contributed by atoms with Crippen molar-refractivity contribution >= 4 is 5.91 Å². The molecule has 0 aliphatic rings. The van der Waals surface area contributed by atoms with Gasteiger partial charge in [0.1, 0.15) is 5.75 Å². The Morgan fingerprint density at radius 2 is 1.83 bits per heavy atom. The molecule has 24 heavy (non-hydrogen) atoms. The van der Waals surface area contributed by atoms with Gasteiger partial charge >= 0.3 is 6.18 Å². The molecule has 0 aliphatic carbocycles. The summed E-state index contributed by atoms with van der Waals surface area (Å²) in [5.41, 5.74) is 0.564. The Bertz CT molecular complexity index is 741. The zero-order valence-corrected chi connectivity index (χ0v) is 13.6. The van der Waals surface area contributed by atoms with Gasteiger partial charge in [0.05, 0.1) is 12.7 Å². The number of benzene rings is 2. The summed E-state index contributed by atoms with van der Waals surface area (Å²) in [4.78, 5) is 13.7. The van der Waals surface area contributed by atoms with Crippen molar-refractivity contribution in [3.05, 3.63) is 64.7 Å². The van der Waals surface area contributed by atoms with Crippen molar-refractivity contribution in [1.82, 2.24) is 4.90 Å². The van der Waals surface area contributed by atoms with Crippen LogP contribution < -0.4 is 4.74 Å². The molecule has 0 saturated heterocycles. The first kappa shape index (κ1) is 17.8. The number of halogens is 3. The van der Waals surface area contributed by atoms with Gasteiger partial charge in [0.15, 0.2) is 0 Å². The topological polar surface area (TPSA) is 29.5 Å². The van der Waals surface area contributed by atoms with E-state index in [4.69, 9.17) is 4.74 Å².